The van der Waals surface area contributed by atoms with Crippen LogP contribution in [0.2, 0.25) is 25.7 Å². The molecule has 0 unspecified atom stereocenters. The summed E-state index contributed by atoms with van der Waals surface area (Å²) in [5.74, 6) is 0.335. The molecule has 0 atom stereocenters. The second kappa shape index (κ2) is 13.3. The maximum absolute atomic E-state index is 14.9. The number of aromatic nitrogens is 2. The van der Waals surface area contributed by atoms with E-state index in [-0.39, 0.29) is 18.0 Å². The van der Waals surface area contributed by atoms with Gasteiger partial charge >= 0.3 is 0 Å². The molecule has 1 saturated heterocycles. The Morgan fingerprint density at radius 1 is 1.07 bits per heavy atom. The van der Waals surface area contributed by atoms with Crippen molar-refractivity contribution in [2.45, 2.75) is 25.7 Å². The van der Waals surface area contributed by atoms with Crippen molar-refractivity contribution in [3.05, 3.63) is 65.9 Å². The summed E-state index contributed by atoms with van der Waals surface area (Å²) in [5.41, 5.74) is 2.78. The minimum absolute atomic E-state index is 0.211. The Hall–Kier alpha value is -3.39. The fraction of sp³-hybridized carbons (Fsp3) is 0.414. The van der Waals surface area contributed by atoms with Crippen molar-refractivity contribution in [3.63, 3.8) is 0 Å². The highest BCUT2D eigenvalue weighted by Gasteiger charge is 2.25. The molecule has 2 aromatic heterocycles. The van der Waals surface area contributed by atoms with E-state index in [1.54, 1.807) is 36.5 Å². The summed E-state index contributed by atoms with van der Waals surface area (Å²) in [5, 5.41) is 12.5. The van der Waals surface area contributed by atoms with E-state index >= 15 is 0 Å². The monoisotopic (exact) mass is 614 g/mol. The van der Waals surface area contributed by atoms with Gasteiger partial charge in [-0.15, -0.1) is 0 Å². The third-order valence-electron chi connectivity index (χ3n) is 7.09. The molecule has 2 N–H and O–H groups in total. The zero-order valence-corrected chi connectivity index (χ0v) is 26.6. The molecule has 0 aliphatic carbocycles. The second-order valence-corrected chi connectivity index (χ2v) is 19.0. The van der Waals surface area contributed by atoms with E-state index in [0.717, 1.165) is 6.04 Å². The molecule has 0 amide bonds. The van der Waals surface area contributed by atoms with Crippen LogP contribution in [-0.2, 0) is 14.8 Å². The van der Waals surface area contributed by atoms with Crippen LogP contribution in [0.5, 0.6) is 5.75 Å². The van der Waals surface area contributed by atoms with Crippen molar-refractivity contribution in [1.29, 1.82) is 5.41 Å². The quantitative estimate of drug-likeness (QED) is 0.101. The summed E-state index contributed by atoms with van der Waals surface area (Å²) in [6.45, 7) is 9.52. The predicted molar refractivity (Wildman–Crippen MR) is 168 cm³/mol. The number of anilines is 2. The molecule has 0 spiro atoms. The SMILES string of the molecule is COc1ccnc(F)c1-c1ccc(NCOCC[Si](C)(C)C)c(C(=N)c2ccnc(N3CCN(S(C)(=O)=O)CC3)c2)c1. The molecule has 0 bridgehead atoms. The Morgan fingerprint density at radius 2 is 1.79 bits per heavy atom. The highest BCUT2D eigenvalue weighted by Crippen LogP contribution is 2.34. The van der Waals surface area contributed by atoms with Gasteiger partial charge in [-0.2, -0.15) is 8.70 Å². The van der Waals surface area contributed by atoms with E-state index in [1.165, 1.54) is 23.9 Å². The third-order valence-corrected chi connectivity index (χ3v) is 10.1. The van der Waals surface area contributed by atoms with Crippen molar-refractivity contribution in [2.75, 3.05) is 63.1 Å². The van der Waals surface area contributed by atoms with Crippen molar-refractivity contribution in [1.82, 2.24) is 14.3 Å². The Kier molecular flexibility index (Phi) is 9.97. The van der Waals surface area contributed by atoms with Gasteiger partial charge in [-0.25, -0.2) is 18.4 Å². The molecular formula is C29H39FN6O4SSi. The fourth-order valence-corrected chi connectivity index (χ4v) is 6.23. The number of pyridine rings is 2. The standard InChI is InChI=1S/C29H39FN6O4SSi/c1-39-25-9-11-33-29(30)27(25)21-6-7-24(34-20-40-16-17-42(3,4)5)23(18-21)28(31)22-8-10-32-26(19-22)35-12-14-36(15-13-35)41(2,37)38/h6-11,18-19,31,34H,12-17,20H2,1-5H3. The van der Waals surface area contributed by atoms with Crippen LogP contribution >= 0.6 is 0 Å². The predicted octanol–water partition coefficient (Wildman–Crippen LogP) is 4.51. The van der Waals surface area contributed by atoms with E-state index in [2.05, 4.69) is 34.9 Å². The van der Waals surface area contributed by atoms with Gasteiger partial charge in [-0.05, 0) is 41.9 Å². The Bertz CT molecular complexity index is 1520. The number of hydrogen-bond acceptors (Lipinski definition) is 9. The lowest BCUT2D eigenvalue weighted by molar-refractivity contribution is 0.166. The van der Waals surface area contributed by atoms with Crippen LogP contribution in [0.4, 0.5) is 15.9 Å². The van der Waals surface area contributed by atoms with Gasteiger partial charge in [0.1, 0.15) is 18.3 Å². The number of halogens is 1. The van der Waals surface area contributed by atoms with E-state index in [9.17, 15) is 18.2 Å². The molecule has 13 heteroatoms. The minimum atomic E-state index is -3.25. The molecule has 226 valence electrons. The molecular weight excluding hydrogens is 576 g/mol. The summed E-state index contributed by atoms with van der Waals surface area (Å²) in [6, 6.07) is 11.5. The van der Waals surface area contributed by atoms with Crippen LogP contribution < -0.4 is 15.0 Å². The topological polar surface area (TPSA) is 121 Å². The molecule has 3 heterocycles. The maximum atomic E-state index is 14.9. The molecule has 10 nitrogen and oxygen atoms in total. The van der Waals surface area contributed by atoms with E-state index in [4.69, 9.17) is 9.47 Å². The highest BCUT2D eigenvalue weighted by molar-refractivity contribution is 7.88. The Balaban J connectivity index is 1.63. The zero-order valence-electron chi connectivity index (χ0n) is 24.8. The number of nitrogens with one attached hydrogen (secondary N) is 2. The van der Waals surface area contributed by atoms with Crippen LogP contribution in [0, 0.1) is 11.4 Å². The molecule has 0 saturated carbocycles. The first kappa shape index (κ1) is 31.5. The van der Waals surface area contributed by atoms with Crippen molar-refractivity contribution < 1.29 is 22.3 Å². The maximum Gasteiger partial charge on any atom is 0.224 e. The molecule has 42 heavy (non-hydrogen) atoms. The molecule has 4 rings (SSSR count). The molecule has 0 radical (unpaired) electrons. The van der Waals surface area contributed by atoms with Gasteiger partial charge in [-0.1, -0.05) is 25.7 Å². The van der Waals surface area contributed by atoms with Gasteiger partial charge in [0.15, 0.2) is 0 Å². The molecule has 1 fully saturated rings. The average molecular weight is 615 g/mol. The van der Waals surface area contributed by atoms with Gasteiger partial charge in [0, 0.05) is 70.1 Å². The average Bonchev–Trinajstić information content (AvgIpc) is 2.95. The van der Waals surface area contributed by atoms with Gasteiger partial charge in [0.25, 0.3) is 0 Å². The van der Waals surface area contributed by atoms with Crippen LogP contribution in [0.25, 0.3) is 11.1 Å². The normalized spacial score (nSPS) is 14.6. The molecule has 1 aliphatic rings. The minimum Gasteiger partial charge on any atom is -0.496 e. The van der Waals surface area contributed by atoms with Crippen molar-refractivity contribution in [3.8, 4) is 16.9 Å². The van der Waals surface area contributed by atoms with Crippen molar-refractivity contribution >= 4 is 35.3 Å². The highest BCUT2D eigenvalue weighted by atomic mass is 32.2. The lowest BCUT2D eigenvalue weighted by Gasteiger charge is -2.34. The molecule has 1 aliphatic heterocycles. The number of nitrogens with zero attached hydrogens (tertiary/aromatic N) is 4. The number of rotatable bonds is 12. The number of methoxy groups -OCH3 is 1. The van der Waals surface area contributed by atoms with E-state index in [1.807, 2.05) is 11.0 Å². The summed E-state index contributed by atoms with van der Waals surface area (Å²) in [6.07, 6.45) is 4.21. The first-order valence-electron chi connectivity index (χ1n) is 13.8. The number of piperazine rings is 1. The van der Waals surface area contributed by atoms with Crippen molar-refractivity contribution in [2.24, 2.45) is 0 Å². The number of ether oxygens (including phenoxy) is 2. The van der Waals surface area contributed by atoms with E-state index < -0.39 is 24.0 Å². The van der Waals surface area contributed by atoms with Gasteiger partial charge < -0.3 is 19.7 Å². The molecule has 1 aromatic carbocycles. The van der Waals surface area contributed by atoms with Gasteiger partial charge in [0.2, 0.25) is 16.0 Å². The fourth-order valence-electron chi connectivity index (χ4n) is 4.64. The molecule has 3 aromatic rings. The number of benzene rings is 1. The summed E-state index contributed by atoms with van der Waals surface area (Å²) >= 11 is 0. The Morgan fingerprint density at radius 3 is 2.45 bits per heavy atom. The summed E-state index contributed by atoms with van der Waals surface area (Å²) in [4.78, 5) is 10.3. The van der Waals surface area contributed by atoms with Crippen LogP contribution in [0.15, 0.2) is 48.8 Å². The third kappa shape index (κ3) is 7.91. The summed E-state index contributed by atoms with van der Waals surface area (Å²) in [7, 11) is -3.01. The largest absolute Gasteiger partial charge is 0.496 e. The first-order valence-corrected chi connectivity index (χ1v) is 19.3. The summed E-state index contributed by atoms with van der Waals surface area (Å²) < 4.78 is 51.5. The van der Waals surface area contributed by atoms with Gasteiger partial charge in [-0.3, -0.25) is 5.41 Å². The van der Waals surface area contributed by atoms with E-state index in [0.29, 0.717) is 66.7 Å². The lowest BCUT2D eigenvalue weighted by Crippen LogP contribution is -2.48. The van der Waals surface area contributed by atoms with Gasteiger partial charge in [0.05, 0.1) is 24.6 Å². The zero-order chi connectivity index (χ0) is 30.5. The van der Waals surface area contributed by atoms with Crippen LogP contribution in [0.3, 0.4) is 0 Å². The number of sulfonamides is 1. The smallest absolute Gasteiger partial charge is 0.224 e. The van der Waals surface area contributed by atoms with Crippen LogP contribution in [0.1, 0.15) is 11.1 Å². The van der Waals surface area contributed by atoms with Crippen LogP contribution in [-0.4, -0.2) is 89.4 Å². The number of hydrogen-bond donors (Lipinski definition) is 2. The Labute approximate surface area is 248 Å². The lowest BCUT2D eigenvalue weighted by atomic mass is 9.96. The second-order valence-electron chi connectivity index (χ2n) is 11.4. The first-order chi connectivity index (χ1) is 19.9.